The third-order valence-corrected chi connectivity index (χ3v) is 4.79. The Kier molecular flexibility index (Phi) is 3.85. The summed E-state index contributed by atoms with van der Waals surface area (Å²) < 4.78 is 11.1. The molecule has 2 aromatic carbocycles. The molecule has 24 heavy (non-hydrogen) atoms. The van der Waals surface area contributed by atoms with Crippen LogP contribution in [0.25, 0.3) is 0 Å². The highest BCUT2D eigenvalue weighted by Gasteiger charge is 2.26. The minimum atomic E-state index is 0.0794. The maximum atomic E-state index is 12.8. The fraction of sp³-hybridized carbons (Fsp3) is 0.316. The molecule has 0 bridgehead atoms. The number of benzene rings is 2. The minimum absolute atomic E-state index is 0.0794. The summed E-state index contributed by atoms with van der Waals surface area (Å²) in [5.41, 5.74) is 4.28. The molecular weight excluding hydrogens is 326 g/mol. The summed E-state index contributed by atoms with van der Waals surface area (Å²) in [7, 11) is 0. The van der Waals surface area contributed by atoms with Crippen LogP contribution in [0, 0.1) is 6.92 Å². The molecule has 0 spiro atoms. The van der Waals surface area contributed by atoms with Gasteiger partial charge in [-0.2, -0.15) is 0 Å². The fourth-order valence-corrected chi connectivity index (χ4v) is 3.73. The molecule has 0 atom stereocenters. The zero-order chi connectivity index (χ0) is 16.7. The summed E-state index contributed by atoms with van der Waals surface area (Å²) >= 11 is 6.27. The number of carbonyl (C=O) groups is 1. The summed E-state index contributed by atoms with van der Waals surface area (Å²) in [5, 5.41) is 0.494. The lowest BCUT2D eigenvalue weighted by Gasteiger charge is -2.22. The first kappa shape index (κ1) is 15.3. The molecule has 5 heteroatoms. The van der Waals surface area contributed by atoms with Gasteiger partial charge in [0.2, 0.25) is 5.91 Å². The second-order valence-corrected chi connectivity index (χ2v) is 6.56. The standard InChI is InChI=1S/C19H18ClNO3/c1-12-3-2-4-14-5-6-21(18(12)14)17(22)11-13-9-15(20)19-16(10-13)23-7-8-24-19/h2-4,9-10H,5-8,11H2,1H3. The average molecular weight is 344 g/mol. The van der Waals surface area contributed by atoms with Crippen molar-refractivity contribution in [1.29, 1.82) is 0 Å². The first-order valence-corrected chi connectivity index (χ1v) is 8.48. The number of anilines is 1. The summed E-state index contributed by atoms with van der Waals surface area (Å²) in [6.07, 6.45) is 1.20. The van der Waals surface area contributed by atoms with Crippen molar-refractivity contribution in [3.05, 3.63) is 52.0 Å². The van der Waals surface area contributed by atoms with Crippen molar-refractivity contribution >= 4 is 23.2 Å². The molecule has 2 aliphatic rings. The zero-order valence-electron chi connectivity index (χ0n) is 13.5. The molecule has 124 valence electrons. The smallest absolute Gasteiger partial charge is 0.231 e. The summed E-state index contributed by atoms with van der Waals surface area (Å²) in [6.45, 7) is 3.77. The molecule has 2 aromatic rings. The van der Waals surface area contributed by atoms with Gasteiger partial charge in [-0.1, -0.05) is 29.8 Å². The third kappa shape index (κ3) is 2.61. The second-order valence-electron chi connectivity index (χ2n) is 6.16. The molecule has 1 amide bonds. The highest BCUT2D eigenvalue weighted by molar-refractivity contribution is 6.32. The Balaban J connectivity index is 1.59. The Morgan fingerprint density at radius 3 is 2.96 bits per heavy atom. The number of halogens is 1. The van der Waals surface area contributed by atoms with Gasteiger partial charge in [-0.3, -0.25) is 4.79 Å². The van der Waals surface area contributed by atoms with Crippen LogP contribution in [0.1, 0.15) is 16.7 Å². The molecule has 4 rings (SSSR count). The van der Waals surface area contributed by atoms with Gasteiger partial charge in [-0.15, -0.1) is 0 Å². The largest absolute Gasteiger partial charge is 0.486 e. The molecule has 0 radical (unpaired) electrons. The van der Waals surface area contributed by atoms with E-state index in [9.17, 15) is 4.79 Å². The van der Waals surface area contributed by atoms with Crippen LogP contribution in [0.15, 0.2) is 30.3 Å². The Hall–Kier alpha value is -2.20. The van der Waals surface area contributed by atoms with Crippen molar-refractivity contribution in [3.8, 4) is 11.5 Å². The molecular formula is C19H18ClNO3. The van der Waals surface area contributed by atoms with Crippen LogP contribution in [-0.4, -0.2) is 25.7 Å². The van der Waals surface area contributed by atoms with Crippen LogP contribution in [0.4, 0.5) is 5.69 Å². The Morgan fingerprint density at radius 2 is 2.08 bits per heavy atom. The van der Waals surface area contributed by atoms with Gasteiger partial charge in [-0.25, -0.2) is 0 Å². The number of nitrogens with zero attached hydrogens (tertiary/aromatic N) is 1. The van der Waals surface area contributed by atoms with Crippen molar-refractivity contribution in [3.63, 3.8) is 0 Å². The van der Waals surface area contributed by atoms with E-state index in [-0.39, 0.29) is 5.91 Å². The third-order valence-electron chi connectivity index (χ3n) is 4.51. The number of carbonyl (C=O) groups excluding carboxylic acids is 1. The van der Waals surface area contributed by atoms with Gasteiger partial charge in [0.15, 0.2) is 11.5 Å². The Labute approximate surface area is 145 Å². The number of rotatable bonds is 2. The van der Waals surface area contributed by atoms with E-state index >= 15 is 0 Å². The van der Waals surface area contributed by atoms with Gasteiger partial charge < -0.3 is 14.4 Å². The number of hydrogen-bond acceptors (Lipinski definition) is 3. The van der Waals surface area contributed by atoms with E-state index in [2.05, 4.69) is 6.07 Å². The van der Waals surface area contributed by atoms with Crippen LogP contribution in [0.5, 0.6) is 11.5 Å². The van der Waals surface area contributed by atoms with Gasteiger partial charge in [-0.05, 0) is 42.2 Å². The quantitative estimate of drug-likeness (QED) is 0.837. The number of para-hydroxylation sites is 1. The molecule has 4 nitrogen and oxygen atoms in total. The van der Waals surface area contributed by atoms with Crippen LogP contribution in [0.2, 0.25) is 5.02 Å². The number of fused-ring (bicyclic) bond motifs is 2. The lowest BCUT2D eigenvalue weighted by molar-refractivity contribution is -0.117. The van der Waals surface area contributed by atoms with E-state index in [1.165, 1.54) is 5.56 Å². The molecule has 0 N–H and O–H groups in total. The van der Waals surface area contributed by atoms with Gasteiger partial charge in [0.05, 0.1) is 11.4 Å². The summed E-state index contributed by atoms with van der Waals surface area (Å²) in [4.78, 5) is 14.7. The maximum absolute atomic E-state index is 12.8. The summed E-state index contributed by atoms with van der Waals surface area (Å²) in [6, 6.07) is 9.83. The Morgan fingerprint density at radius 1 is 1.25 bits per heavy atom. The number of ether oxygens (including phenoxy) is 2. The predicted molar refractivity (Wildman–Crippen MR) is 93.4 cm³/mol. The van der Waals surface area contributed by atoms with Crippen molar-refractivity contribution in [2.75, 3.05) is 24.7 Å². The van der Waals surface area contributed by atoms with E-state index in [1.807, 2.05) is 30.0 Å². The molecule has 0 fully saturated rings. The molecule has 0 saturated heterocycles. The van der Waals surface area contributed by atoms with Crippen molar-refractivity contribution in [2.24, 2.45) is 0 Å². The molecule has 0 saturated carbocycles. The van der Waals surface area contributed by atoms with E-state index in [4.69, 9.17) is 21.1 Å². The van der Waals surface area contributed by atoms with Gasteiger partial charge in [0.25, 0.3) is 0 Å². The topological polar surface area (TPSA) is 38.8 Å². The average Bonchev–Trinajstić information content (AvgIpc) is 3.00. The van der Waals surface area contributed by atoms with Crippen LogP contribution in [-0.2, 0) is 17.6 Å². The van der Waals surface area contributed by atoms with Crippen molar-refractivity contribution in [2.45, 2.75) is 19.8 Å². The van der Waals surface area contributed by atoms with Gasteiger partial charge >= 0.3 is 0 Å². The van der Waals surface area contributed by atoms with Crippen LogP contribution >= 0.6 is 11.6 Å². The lowest BCUT2D eigenvalue weighted by atomic mass is 10.1. The summed E-state index contributed by atoms with van der Waals surface area (Å²) in [5.74, 6) is 1.27. The SMILES string of the molecule is Cc1cccc2c1N(C(=O)Cc1cc(Cl)c3c(c1)OCCO3)CC2. The first-order chi connectivity index (χ1) is 11.6. The van der Waals surface area contributed by atoms with Gasteiger partial charge in [0.1, 0.15) is 13.2 Å². The minimum Gasteiger partial charge on any atom is -0.486 e. The molecule has 2 heterocycles. The number of aryl methyl sites for hydroxylation is 1. The van der Waals surface area contributed by atoms with E-state index in [0.29, 0.717) is 36.2 Å². The number of amides is 1. The first-order valence-electron chi connectivity index (χ1n) is 8.10. The molecule has 0 aliphatic carbocycles. The highest BCUT2D eigenvalue weighted by atomic mass is 35.5. The van der Waals surface area contributed by atoms with Gasteiger partial charge in [0, 0.05) is 12.2 Å². The number of hydrogen-bond donors (Lipinski definition) is 0. The lowest BCUT2D eigenvalue weighted by Crippen LogP contribution is -2.30. The van der Waals surface area contributed by atoms with Crippen LogP contribution in [0.3, 0.4) is 0 Å². The predicted octanol–water partition coefficient (Wildman–Crippen LogP) is 3.55. The maximum Gasteiger partial charge on any atom is 0.231 e. The Bertz CT molecular complexity index is 818. The van der Waals surface area contributed by atoms with Crippen molar-refractivity contribution in [1.82, 2.24) is 0 Å². The van der Waals surface area contributed by atoms with E-state index < -0.39 is 0 Å². The van der Waals surface area contributed by atoms with E-state index in [0.717, 1.165) is 29.8 Å². The van der Waals surface area contributed by atoms with Crippen molar-refractivity contribution < 1.29 is 14.3 Å². The molecule has 2 aliphatic heterocycles. The highest BCUT2D eigenvalue weighted by Crippen LogP contribution is 2.39. The molecule has 0 aromatic heterocycles. The van der Waals surface area contributed by atoms with Crippen LogP contribution < -0.4 is 14.4 Å². The zero-order valence-corrected chi connectivity index (χ0v) is 14.2. The fourth-order valence-electron chi connectivity index (χ4n) is 3.44. The second kappa shape index (κ2) is 6.02. The molecule has 0 unspecified atom stereocenters. The van der Waals surface area contributed by atoms with E-state index in [1.54, 1.807) is 6.07 Å². The monoisotopic (exact) mass is 343 g/mol. The normalized spacial score (nSPS) is 15.3.